The first-order valence-electron chi connectivity index (χ1n) is 11.6. The molecule has 184 valence electrons. The predicted molar refractivity (Wildman–Crippen MR) is 141 cm³/mol. The van der Waals surface area contributed by atoms with E-state index in [1.54, 1.807) is 0 Å². The number of anilines is 1. The quantitative estimate of drug-likeness (QED) is 0.279. The molecule has 0 aliphatic carbocycles. The van der Waals surface area contributed by atoms with Crippen molar-refractivity contribution in [2.45, 2.75) is 26.1 Å². The van der Waals surface area contributed by atoms with E-state index >= 15 is 0 Å². The molecule has 0 saturated heterocycles. The van der Waals surface area contributed by atoms with Gasteiger partial charge in [0, 0.05) is 18.0 Å². The maximum atomic E-state index is 13.1. The van der Waals surface area contributed by atoms with Crippen molar-refractivity contribution in [3.63, 3.8) is 0 Å². The lowest BCUT2D eigenvalue weighted by atomic mass is 10.1. The molecule has 1 aliphatic heterocycles. The highest BCUT2D eigenvalue weighted by Crippen LogP contribution is 2.32. The maximum Gasteiger partial charge on any atom is 0.264 e. The van der Waals surface area contributed by atoms with Crippen molar-refractivity contribution in [2.75, 3.05) is 18.7 Å². The van der Waals surface area contributed by atoms with Crippen LogP contribution in [0.15, 0.2) is 77.3 Å². The fourth-order valence-electron chi connectivity index (χ4n) is 3.55. The van der Waals surface area contributed by atoms with Gasteiger partial charge in [-0.3, -0.25) is 4.79 Å². The van der Waals surface area contributed by atoms with Crippen molar-refractivity contribution in [2.24, 2.45) is 0 Å². The van der Waals surface area contributed by atoms with Gasteiger partial charge in [-0.05, 0) is 66.9 Å². The molecule has 0 radical (unpaired) electrons. The molecular weight excluding hydrogens is 474 g/mol. The lowest BCUT2D eigenvalue weighted by molar-refractivity contribution is -0.117. The minimum atomic E-state index is -0.458. The van der Waals surface area contributed by atoms with Gasteiger partial charge in [-0.15, -0.1) is 11.8 Å². The second kappa shape index (κ2) is 12.0. The number of thioether (sulfide) groups is 1. The van der Waals surface area contributed by atoms with Gasteiger partial charge in [0.1, 0.15) is 17.4 Å². The second-order valence-electron chi connectivity index (χ2n) is 7.98. The summed E-state index contributed by atoms with van der Waals surface area (Å²) in [5, 5.41) is 16.6. The first-order chi connectivity index (χ1) is 17.6. The summed E-state index contributed by atoms with van der Waals surface area (Å²) >= 11 is 1.41. The molecule has 1 heterocycles. The molecule has 7 nitrogen and oxygen atoms in total. The van der Waals surface area contributed by atoms with E-state index in [9.17, 15) is 10.1 Å². The van der Waals surface area contributed by atoms with Gasteiger partial charge in [0.05, 0.1) is 11.6 Å². The zero-order valence-corrected chi connectivity index (χ0v) is 21.0. The topological polar surface area (TPSA) is 92.6 Å². The number of ether oxygens (including phenoxy) is 3. The number of nitrogens with zero attached hydrogens (tertiary/aromatic N) is 1. The van der Waals surface area contributed by atoms with E-state index in [0.717, 1.165) is 28.1 Å². The van der Waals surface area contributed by atoms with Crippen molar-refractivity contribution in [3.8, 4) is 23.3 Å². The Balaban J connectivity index is 1.54. The predicted octanol–water partition coefficient (Wildman–Crippen LogP) is 5.52. The van der Waals surface area contributed by atoms with E-state index in [-0.39, 0.29) is 18.9 Å². The van der Waals surface area contributed by atoms with Crippen LogP contribution < -0.4 is 24.8 Å². The molecule has 8 heteroatoms. The van der Waals surface area contributed by atoms with Crippen LogP contribution in [-0.2, 0) is 17.1 Å². The van der Waals surface area contributed by atoms with E-state index in [1.807, 2.05) is 80.6 Å². The molecule has 1 amide bonds. The highest BCUT2D eigenvalue weighted by molar-refractivity contribution is 8.02. The largest absolute Gasteiger partial charge is 0.494 e. The Morgan fingerprint density at radius 2 is 1.86 bits per heavy atom. The zero-order valence-electron chi connectivity index (χ0n) is 20.2. The summed E-state index contributed by atoms with van der Waals surface area (Å²) in [5.41, 5.74) is 3.89. The number of fused-ring (bicyclic) bond motifs is 1. The van der Waals surface area contributed by atoms with Crippen LogP contribution in [0.3, 0.4) is 0 Å². The molecule has 0 bridgehead atoms. The van der Waals surface area contributed by atoms with Crippen LogP contribution in [0, 0.1) is 18.3 Å². The minimum absolute atomic E-state index is 0.0169. The first kappa shape index (κ1) is 25.0. The lowest BCUT2D eigenvalue weighted by Gasteiger charge is -2.15. The molecule has 1 aliphatic rings. The smallest absolute Gasteiger partial charge is 0.264 e. The SMILES string of the molecule is CCOc1ccc(N/C(SCc2ccccc2C)=C(/C#N)C(=O)NCc2ccc3c(c2)OCO3)cc1. The second-order valence-corrected chi connectivity index (χ2v) is 8.97. The number of aryl methyl sites for hydroxylation is 1. The summed E-state index contributed by atoms with van der Waals surface area (Å²) in [4.78, 5) is 13.1. The maximum absolute atomic E-state index is 13.1. The third-order valence-electron chi connectivity index (χ3n) is 5.51. The normalized spacial score (nSPS) is 12.4. The van der Waals surface area contributed by atoms with E-state index in [0.29, 0.717) is 28.9 Å². The van der Waals surface area contributed by atoms with Crippen LogP contribution >= 0.6 is 11.8 Å². The molecule has 0 fully saturated rings. The Morgan fingerprint density at radius 1 is 1.08 bits per heavy atom. The fourth-order valence-corrected chi connectivity index (χ4v) is 4.65. The van der Waals surface area contributed by atoms with Crippen molar-refractivity contribution in [3.05, 3.63) is 94.0 Å². The third kappa shape index (κ3) is 6.32. The molecule has 0 atom stereocenters. The van der Waals surface area contributed by atoms with Gasteiger partial charge < -0.3 is 24.8 Å². The number of nitrogens with one attached hydrogen (secondary N) is 2. The molecule has 0 spiro atoms. The number of amides is 1. The molecule has 0 saturated carbocycles. The molecule has 2 N–H and O–H groups in total. The van der Waals surface area contributed by atoms with Crippen LogP contribution in [0.5, 0.6) is 17.2 Å². The van der Waals surface area contributed by atoms with Gasteiger partial charge in [-0.25, -0.2) is 0 Å². The average molecular weight is 502 g/mol. The Hall–Kier alpha value is -4.09. The summed E-state index contributed by atoms with van der Waals surface area (Å²) in [6.07, 6.45) is 0. The van der Waals surface area contributed by atoms with Crippen LogP contribution in [0.25, 0.3) is 0 Å². The van der Waals surface area contributed by atoms with Gasteiger partial charge in [0.2, 0.25) is 6.79 Å². The number of rotatable bonds is 10. The average Bonchev–Trinajstić information content (AvgIpc) is 3.36. The third-order valence-corrected chi connectivity index (χ3v) is 6.56. The highest BCUT2D eigenvalue weighted by Gasteiger charge is 2.18. The Labute approximate surface area is 215 Å². The van der Waals surface area contributed by atoms with Crippen molar-refractivity contribution in [1.82, 2.24) is 5.32 Å². The minimum Gasteiger partial charge on any atom is -0.494 e. The number of hydrogen-bond acceptors (Lipinski definition) is 7. The summed E-state index contributed by atoms with van der Waals surface area (Å²) < 4.78 is 16.3. The van der Waals surface area contributed by atoms with Crippen LogP contribution in [0.4, 0.5) is 5.69 Å². The van der Waals surface area contributed by atoms with E-state index in [1.165, 1.54) is 11.8 Å². The summed E-state index contributed by atoms with van der Waals surface area (Å²) in [6.45, 7) is 4.98. The number of carbonyl (C=O) groups excluding carboxylic acids is 1. The first-order valence-corrected chi connectivity index (χ1v) is 12.5. The van der Waals surface area contributed by atoms with Crippen LogP contribution in [-0.4, -0.2) is 19.3 Å². The van der Waals surface area contributed by atoms with Crippen molar-refractivity contribution < 1.29 is 19.0 Å². The number of benzene rings is 3. The van der Waals surface area contributed by atoms with Crippen molar-refractivity contribution >= 4 is 23.4 Å². The zero-order chi connectivity index (χ0) is 25.3. The lowest BCUT2D eigenvalue weighted by Crippen LogP contribution is -2.25. The number of hydrogen-bond donors (Lipinski definition) is 2. The summed E-state index contributed by atoms with van der Waals surface area (Å²) in [5.74, 6) is 2.22. The van der Waals surface area contributed by atoms with Gasteiger partial charge in [0.15, 0.2) is 11.5 Å². The highest BCUT2D eigenvalue weighted by atomic mass is 32.2. The van der Waals surface area contributed by atoms with Crippen LogP contribution in [0.2, 0.25) is 0 Å². The Kier molecular flexibility index (Phi) is 8.37. The Morgan fingerprint density at radius 3 is 2.61 bits per heavy atom. The molecule has 4 rings (SSSR count). The van der Waals surface area contributed by atoms with Gasteiger partial charge in [-0.2, -0.15) is 5.26 Å². The molecule has 0 aromatic heterocycles. The van der Waals surface area contributed by atoms with Crippen molar-refractivity contribution in [1.29, 1.82) is 5.26 Å². The number of carbonyl (C=O) groups is 1. The molecule has 36 heavy (non-hydrogen) atoms. The molecule has 3 aromatic carbocycles. The van der Waals surface area contributed by atoms with E-state index < -0.39 is 5.91 Å². The van der Waals surface area contributed by atoms with Gasteiger partial charge >= 0.3 is 0 Å². The van der Waals surface area contributed by atoms with E-state index in [2.05, 4.69) is 16.7 Å². The van der Waals surface area contributed by atoms with Gasteiger partial charge in [0.25, 0.3) is 5.91 Å². The van der Waals surface area contributed by atoms with E-state index in [4.69, 9.17) is 14.2 Å². The summed E-state index contributed by atoms with van der Waals surface area (Å²) in [7, 11) is 0. The fraction of sp³-hybridized carbons (Fsp3) is 0.214. The number of nitriles is 1. The molecule has 0 unspecified atom stereocenters. The van der Waals surface area contributed by atoms with Crippen LogP contribution in [0.1, 0.15) is 23.6 Å². The molecule has 3 aromatic rings. The Bertz CT molecular complexity index is 1300. The summed E-state index contributed by atoms with van der Waals surface area (Å²) in [6, 6.07) is 23.1. The molecular formula is C28H27N3O4S. The van der Waals surface area contributed by atoms with Gasteiger partial charge in [-0.1, -0.05) is 30.3 Å². The monoisotopic (exact) mass is 501 g/mol. The standard InChI is InChI=1S/C28H27N3O4S/c1-3-33-23-11-9-22(10-12-23)31-28(36-17-21-7-5-4-6-19(21)2)24(15-29)27(32)30-16-20-8-13-25-26(14-20)35-18-34-25/h4-14,31H,3,16-18H2,1-2H3,(H,30,32)/b28-24+.